The second-order valence-electron chi connectivity index (χ2n) is 3.19. The zero-order valence-electron chi connectivity index (χ0n) is 7.86. The van der Waals surface area contributed by atoms with E-state index >= 15 is 0 Å². The van der Waals surface area contributed by atoms with E-state index in [-0.39, 0.29) is 6.61 Å². The molecule has 0 aliphatic heterocycles. The lowest BCUT2D eigenvalue weighted by molar-refractivity contribution is 0.149. The maximum Gasteiger partial charge on any atom is 0.0596 e. The Morgan fingerprint density at radius 1 is 1.43 bits per heavy atom. The van der Waals surface area contributed by atoms with E-state index in [1.165, 1.54) is 0 Å². The third-order valence-corrected chi connectivity index (χ3v) is 2.40. The number of nitrogens with zero attached hydrogens (tertiary/aromatic N) is 1. The van der Waals surface area contributed by atoms with E-state index in [4.69, 9.17) is 5.11 Å². The molecule has 0 fully saturated rings. The molecule has 0 radical (unpaired) electrons. The van der Waals surface area contributed by atoms with Gasteiger partial charge in [-0.1, -0.05) is 0 Å². The standard InChI is InChI=1S/C10H14BrNO2/c11-8-3-4-9(12-7-8)6-10(14)2-1-5-13/h3-4,7,10,13-14H,1-2,5-6H2. The SMILES string of the molecule is OCCCC(O)Cc1ccc(Br)cn1. The summed E-state index contributed by atoms with van der Waals surface area (Å²) in [5.41, 5.74) is 0.874. The monoisotopic (exact) mass is 259 g/mol. The molecule has 0 aliphatic carbocycles. The molecule has 0 amide bonds. The Labute approximate surface area is 91.9 Å². The van der Waals surface area contributed by atoms with Gasteiger partial charge >= 0.3 is 0 Å². The number of hydrogen-bond acceptors (Lipinski definition) is 3. The minimum Gasteiger partial charge on any atom is -0.396 e. The van der Waals surface area contributed by atoms with E-state index in [9.17, 15) is 5.11 Å². The van der Waals surface area contributed by atoms with Gasteiger partial charge in [-0.15, -0.1) is 0 Å². The minimum atomic E-state index is -0.407. The van der Waals surface area contributed by atoms with Crippen LogP contribution in [0.15, 0.2) is 22.8 Å². The van der Waals surface area contributed by atoms with Crippen LogP contribution in [0.5, 0.6) is 0 Å². The number of halogens is 1. The van der Waals surface area contributed by atoms with Gasteiger partial charge < -0.3 is 10.2 Å². The number of rotatable bonds is 5. The fraction of sp³-hybridized carbons (Fsp3) is 0.500. The first-order valence-electron chi connectivity index (χ1n) is 4.61. The van der Waals surface area contributed by atoms with Crippen molar-refractivity contribution >= 4 is 15.9 Å². The smallest absolute Gasteiger partial charge is 0.0596 e. The molecule has 0 aliphatic rings. The van der Waals surface area contributed by atoms with Crippen LogP contribution in [0.3, 0.4) is 0 Å². The normalized spacial score (nSPS) is 12.8. The second kappa shape index (κ2) is 6.11. The van der Waals surface area contributed by atoms with Crippen LogP contribution in [0.4, 0.5) is 0 Å². The van der Waals surface area contributed by atoms with Crippen LogP contribution in [0.2, 0.25) is 0 Å². The van der Waals surface area contributed by atoms with Gasteiger partial charge in [0, 0.05) is 29.4 Å². The Morgan fingerprint density at radius 3 is 2.79 bits per heavy atom. The molecule has 3 nitrogen and oxygen atoms in total. The lowest BCUT2D eigenvalue weighted by atomic mass is 10.1. The van der Waals surface area contributed by atoms with Gasteiger partial charge in [0.2, 0.25) is 0 Å². The van der Waals surface area contributed by atoms with E-state index in [0.29, 0.717) is 19.3 Å². The molecule has 1 rings (SSSR count). The van der Waals surface area contributed by atoms with Crippen molar-refractivity contribution < 1.29 is 10.2 Å². The number of hydrogen-bond donors (Lipinski definition) is 2. The highest BCUT2D eigenvalue weighted by Crippen LogP contribution is 2.10. The summed E-state index contributed by atoms with van der Waals surface area (Å²) in [5.74, 6) is 0. The summed E-state index contributed by atoms with van der Waals surface area (Å²) in [5, 5.41) is 18.1. The maximum atomic E-state index is 9.54. The maximum absolute atomic E-state index is 9.54. The molecule has 1 unspecified atom stereocenters. The van der Waals surface area contributed by atoms with Gasteiger partial charge in [0.25, 0.3) is 0 Å². The van der Waals surface area contributed by atoms with Gasteiger partial charge in [-0.3, -0.25) is 4.98 Å². The lowest BCUT2D eigenvalue weighted by Crippen LogP contribution is -2.11. The molecule has 14 heavy (non-hydrogen) atoms. The lowest BCUT2D eigenvalue weighted by Gasteiger charge is -2.08. The minimum absolute atomic E-state index is 0.130. The van der Waals surface area contributed by atoms with Gasteiger partial charge in [0.05, 0.1) is 6.10 Å². The molecule has 4 heteroatoms. The summed E-state index contributed by atoms with van der Waals surface area (Å²) in [6.07, 6.45) is 3.11. The van der Waals surface area contributed by atoms with Crippen LogP contribution >= 0.6 is 15.9 Å². The van der Waals surface area contributed by atoms with Gasteiger partial charge in [0.1, 0.15) is 0 Å². The zero-order valence-corrected chi connectivity index (χ0v) is 9.44. The summed E-state index contributed by atoms with van der Waals surface area (Å²) >= 11 is 3.30. The van der Waals surface area contributed by atoms with Crippen molar-refractivity contribution in [1.82, 2.24) is 4.98 Å². The first-order valence-corrected chi connectivity index (χ1v) is 5.41. The Morgan fingerprint density at radius 2 is 2.21 bits per heavy atom. The fourth-order valence-electron chi connectivity index (χ4n) is 1.20. The molecule has 1 aromatic rings. The highest BCUT2D eigenvalue weighted by atomic mass is 79.9. The van der Waals surface area contributed by atoms with Crippen molar-refractivity contribution in [2.24, 2.45) is 0 Å². The van der Waals surface area contributed by atoms with Crippen LogP contribution in [0.1, 0.15) is 18.5 Å². The summed E-state index contributed by atoms with van der Waals surface area (Å²) in [7, 11) is 0. The largest absolute Gasteiger partial charge is 0.396 e. The molecule has 0 aromatic carbocycles. The highest BCUT2D eigenvalue weighted by Gasteiger charge is 2.05. The average Bonchev–Trinajstić information content (AvgIpc) is 2.18. The molecule has 1 aromatic heterocycles. The van der Waals surface area contributed by atoms with Crippen LogP contribution < -0.4 is 0 Å². The predicted octanol–water partition coefficient (Wildman–Crippen LogP) is 1.52. The summed E-state index contributed by atoms with van der Waals surface area (Å²) < 4.78 is 0.936. The van der Waals surface area contributed by atoms with Crippen molar-refractivity contribution in [1.29, 1.82) is 0 Å². The van der Waals surface area contributed by atoms with Crippen molar-refractivity contribution in [2.75, 3.05) is 6.61 Å². The van der Waals surface area contributed by atoms with Crippen molar-refractivity contribution in [3.63, 3.8) is 0 Å². The zero-order chi connectivity index (χ0) is 10.4. The van der Waals surface area contributed by atoms with E-state index in [1.807, 2.05) is 12.1 Å². The van der Waals surface area contributed by atoms with Gasteiger partial charge in [0.15, 0.2) is 0 Å². The number of aromatic nitrogens is 1. The van der Waals surface area contributed by atoms with Gasteiger partial charge in [-0.05, 0) is 40.9 Å². The Balaban J connectivity index is 2.39. The van der Waals surface area contributed by atoms with Crippen LogP contribution in [0.25, 0.3) is 0 Å². The highest BCUT2D eigenvalue weighted by molar-refractivity contribution is 9.10. The molecule has 2 N–H and O–H groups in total. The van der Waals surface area contributed by atoms with E-state index in [2.05, 4.69) is 20.9 Å². The first kappa shape index (κ1) is 11.6. The van der Waals surface area contributed by atoms with E-state index < -0.39 is 6.10 Å². The van der Waals surface area contributed by atoms with E-state index in [0.717, 1.165) is 10.2 Å². The molecule has 0 bridgehead atoms. The third-order valence-electron chi connectivity index (χ3n) is 1.93. The number of aliphatic hydroxyl groups is 2. The Hall–Kier alpha value is -0.450. The average molecular weight is 260 g/mol. The van der Waals surface area contributed by atoms with Crippen molar-refractivity contribution in [3.8, 4) is 0 Å². The van der Waals surface area contributed by atoms with Gasteiger partial charge in [-0.25, -0.2) is 0 Å². The third kappa shape index (κ3) is 4.17. The second-order valence-corrected chi connectivity index (χ2v) is 4.11. The van der Waals surface area contributed by atoms with Crippen LogP contribution in [-0.4, -0.2) is 27.9 Å². The van der Waals surface area contributed by atoms with Crippen molar-refractivity contribution in [3.05, 3.63) is 28.5 Å². The quantitative estimate of drug-likeness (QED) is 0.843. The molecule has 78 valence electrons. The summed E-state index contributed by atoms with van der Waals surface area (Å²) in [6, 6.07) is 3.79. The predicted molar refractivity (Wildman–Crippen MR) is 58.0 cm³/mol. The first-order chi connectivity index (χ1) is 6.72. The molecule has 1 atom stereocenters. The van der Waals surface area contributed by atoms with Crippen LogP contribution in [0, 0.1) is 0 Å². The van der Waals surface area contributed by atoms with Gasteiger partial charge in [-0.2, -0.15) is 0 Å². The van der Waals surface area contributed by atoms with Crippen molar-refractivity contribution in [2.45, 2.75) is 25.4 Å². The Kier molecular flexibility index (Phi) is 5.07. The number of aliphatic hydroxyl groups excluding tert-OH is 2. The number of pyridine rings is 1. The molecule has 0 saturated heterocycles. The topological polar surface area (TPSA) is 53.4 Å². The molecule has 1 heterocycles. The molecular weight excluding hydrogens is 246 g/mol. The molecule has 0 spiro atoms. The molecule has 0 saturated carbocycles. The molecular formula is C10H14BrNO2. The fourth-order valence-corrected chi connectivity index (χ4v) is 1.43. The van der Waals surface area contributed by atoms with E-state index in [1.54, 1.807) is 6.20 Å². The van der Waals surface area contributed by atoms with Crippen LogP contribution in [-0.2, 0) is 6.42 Å². The summed E-state index contributed by atoms with van der Waals surface area (Å²) in [6.45, 7) is 0.130. The summed E-state index contributed by atoms with van der Waals surface area (Å²) in [4.78, 5) is 4.16. The Bertz CT molecular complexity index is 263.